The maximum atomic E-state index is 13.1. The van der Waals surface area contributed by atoms with Gasteiger partial charge in [-0.15, -0.1) is 0 Å². The third-order valence-corrected chi connectivity index (χ3v) is 9.76. The second-order valence-electron chi connectivity index (χ2n) is 10.7. The van der Waals surface area contributed by atoms with Crippen LogP contribution in [0.15, 0.2) is 29.2 Å². The summed E-state index contributed by atoms with van der Waals surface area (Å²) in [5.41, 5.74) is 0.0462. The van der Waals surface area contributed by atoms with Crippen molar-refractivity contribution in [3.05, 3.63) is 30.1 Å². The van der Waals surface area contributed by atoms with Crippen LogP contribution in [-0.4, -0.2) is 39.6 Å². The number of nitrogens with one attached hydrogen (secondary N) is 2. The van der Waals surface area contributed by atoms with Crippen LogP contribution in [0.2, 0.25) is 0 Å². The molecule has 6 nitrogen and oxygen atoms in total. The number of benzene rings is 1. The van der Waals surface area contributed by atoms with Gasteiger partial charge in [-0.05, 0) is 72.6 Å². The summed E-state index contributed by atoms with van der Waals surface area (Å²) in [6, 6.07) is 4.93. The molecule has 3 aliphatic rings. The maximum absolute atomic E-state index is 13.1. The fourth-order valence-electron chi connectivity index (χ4n) is 6.54. The van der Waals surface area contributed by atoms with Crippen molar-refractivity contribution < 1.29 is 22.3 Å². The van der Waals surface area contributed by atoms with Crippen molar-refractivity contribution in [3.63, 3.8) is 0 Å². The van der Waals surface area contributed by atoms with Crippen LogP contribution in [0.1, 0.15) is 53.4 Å². The molecule has 4 rings (SSSR count). The van der Waals surface area contributed by atoms with E-state index in [1.807, 2.05) is 13.8 Å². The van der Waals surface area contributed by atoms with Crippen molar-refractivity contribution in [1.29, 1.82) is 0 Å². The smallest absolute Gasteiger partial charge is 0.240 e. The molecule has 1 aromatic rings. The first kappa shape index (κ1) is 23.6. The molecule has 2 saturated carbocycles. The summed E-state index contributed by atoms with van der Waals surface area (Å²) >= 11 is 0. The zero-order valence-corrected chi connectivity index (χ0v) is 20.2. The summed E-state index contributed by atoms with van der Waals surface area (Å²) in [5, 5.41) is 3.38. The highest BCUT2D eigenvalue weighted by molar-refractivity contribution is 7.89. The van der Waals surface area contributed by atoms with Crippen LogP contribution < -0.4 is 10.0 Å². The van der Waals surface area contributed by atoms with E-state index in [0.717, 1.165) is 31.4 Å². The minimum atomic E-state index is -3.70. The monoisotopic (exact) mass is 466 g/mol. The minimum absolute atomic E-state index is 0.0114. The van der Waals surface area contributed by atoms with Gasteiger partial charge in [0.1, 0.15) is 5.82 Å². The number of rotatable bonds is 7. The zero-order chi connectivity index (χ0) is 23.3. The maximum Gasteiger partial charge on any atom is 0.240 e. The van der Waals surface area contributed by atoms with Gasteiger partial charge in [-0.3, -0.25) is 4.79 Å². The van der Waals surface area contributed by atoms with Gasteiger partial charge in [-0.25, -0.2) is 17.5 Å². The lowest BCUT2D eigenvalue weighted by Gasteiger charge is -2.53. The summed E-state index contributed by atoms with van der Waals surface area (Å²) < 4.78 is 47.0. The average molecular weight is 467 g/mol. The molecule has 1 saturated heterocycles. The van der Waals surface area contributed by atoms with Gasteiger partial charge in [-0.1, -0.05) is 27.7 Å². The number of hydrogen-bond acceptors (Lipinski definition) is 4. The Kier molecular flexibility index (Phi) is 6.18. The van der Waals surface area contributed by atoms with Crippen molar-refractivity contribution >= 4 is 15.9 Å². The second kappa shape index (κ2) is 8.37. The standard InChI is InChI=1S/C24H35FN2O4S/c1-15(2)21(28)27-22-23(3,4)16-13-19-20(31-12-10-24(19,22)14-16)9-11-26-32(29,30)18-7-5-17(25)6-8-18/h5-8,15-16,19-20,22,26H,9-14H2,1-4H3,(H,27,28)/t16-,19-,20-,22-,24-/m1/s1. The normalized spacial score (nSPS) is 33.3. The molecule has 3 fully saturated rings. The number of sulfonamides is 1. The van der Waals surface area contributed by atoms with E-state index in [2.05, 4.69) is 23.9 Å². The van der Waals surface area contributed by atoms with Crippen LogP contribution in [0.5, 0.6) is 0 Å². The van der Waals surface area contributed by atoms with E-state index in [1.54, 1.807) is 0 Å². The number of ether oxygens (including phenoxy) is 1. The van der Waals surface area contributed by atoms with E-state index in [1.165, 1.54) is 12.1 Å². The number of fused-ring (bicyclic) bond motifs is 1. The molecule has 1 heterocycles. The molecule has 5 atom stereocenters. The van der Waals surface area contributed by atoms with E-state index in [4.69, 9.17) is 4.74 Å². The van der Waals surface area contributed by atoms with Crippen LogP contribution in [0.25, 0.3) is 0 Å². The first-order chi connectivity index (χ1) is 15.0. The van der Waals surface area contributed by atoms with Gasteiger partial charge < -0.3 is 10.1 Å². The molecule has 2 bridgehead atoms. The first-order valence-electron chi connectivity index (χ1n) is 11.6. The third-order valence-electron chi connectivity index (χ3n) is 8.28. The average Bonchev–Trinajstić information content (AvgIpc) is 3.21. The zero-order valence-electron chi connectivity index (χ0n) is 19.4. The van der Waals surface area contributed by atoms with Crippen molar-refractivity contribution in [2.75, 3.05) is 13.2 Å². The predicted octanol–water partition coefficient (Wildman–Crippen LogP) is 3.48. The van der Waals surface area contributed by atoms with E-state index in [0.29, 0.717) is 24.9 Å². The lowest BCUT2D eigenvalue weighted by atomic mass is 9.59. The molecule has 8 heteroatoms. The third kappa shape index (κ3) is 3.99. The van der Waals surface area contributed by atoms with Crippen LogP contribution in [-0.2, 0) is 19.6 Å². The molecular weight excluding hydrogens is 431 g/mol. The van der Waals surface area contributed by atoms with Crippen LogP contribution in [0.4, 0.5) is 4.39 Å². The summed E-state index contributed by atoms with van der Waals surface area (Å²) in [6.07, 6.45) is 3.61. The highest BCUT2D eigenvalue weighted by Gasteiger charge is 2.68. The Hall–Kier alpha value is -1.51. The summed E-state index contributed by atoms with van der Waals surface area (Å²) in [5.74, 6) is 0.394. The number of hydrogen-bond donors (Lipinski definition) is 2. The van der Waals surface area contributed by atoms with Gasteiger partial charge in [0, 0.05) is 25.1 Å². The lowest BCUT2D eigenvalue weighted by molar-refractivity contribution is -0.138. The minimum Gasteiger partial charge on any atom is -0.378 e. The molecule has 1 amide bonds. The van der Waals surface area contributed by atoms with Crippen molar-refractivity contribution in [2.24, 2.45) is 28.6 Å². The molecule has 1 aromatic carbocycles. The molecule has 2 aliphatic carbocycles. The Morgan fingerprint density at radius 3 is 2.59 bits per heavy atom. The lowest BCUT2D eigenvalue weighted by Crippen LogP contribution is -2.60. The number of carbonyl (C=O) groups is 1. The molecule has 0 radical (unpaired) electrons. The summed E-state index contributed by atoms with van der Waals surface area (Å²) in [6.45, 7) is 9.27. The SMILES string of the molecule is CC(C)C(=O)N[C@@H]1C(C)(C)[C@@H]2C[C@@H]3[C@@H](CCNS(=O)(=O)c4ccc(F)cc4)OCC[C@@]31C2. The van der Waals surface area contributed by atoms with Gasteiger partial charge in [0.2, 0.25) is 15.9 Å². The van der Waals surface area contributed by atoms with E-state index < -0.39 is 15.8 Å². The molecule has 1 spiro atoms. The predicted molar refractivity (Wildman–Crippen MR) is 120 cm³/mol. The molecule has 0 unspecified atom stereocenters. The van der Waals surface area contributed by atoms with Gasteiger partial charge >= 0.3 is 0 Å². The number of halogens is 1. The van der Waals surface area contributed by atoms with E-state index in [-0.39, 0.29) is 46.2 Å². The quantitative estimate of drug-likeness (QED) is 0.644. The molecule has 178 valence electrons. The highest BCUT2D eigenvalue weighted by Crippen LogP contribution is 2.68. The molecule has 0 aromatic heterocycles. The van der Waals surface area contributed by atoms with Crippen molar-refractivity contribution in [2.45, 2.75) is 70.4 Å². The Balaban J connectivity index is 1.45. The Labute approximate surface area is 190 Å². The van der Waals surface area contributed by atoms with Gasteiger partial charge in [0.25, 0.3) is 0 Å². The summed E-state index contributed by atoms with van der Waals surface area (Å²) in [7, 11) is -3.70. The Morgan fingerprint density at radius 2 is 1.94 bits per heavy atom. The fraction of sp³-hybridized carbons (Fsp3) is 0.708. The van der Waals surface area contributed by atoms with Gasteiger partial charge in [0.05, 0.1) is 11.0 Å². The Bertz CT molecular complexity index is 963. The fourth-order valence-corrected chi connectivity index (χ4v) is 7.58. The van der Waals surface area contributed by atoms with Gasteiger partial charge in [0.15, 0.2) is 0 Å². The largest absolute Gasteiger partial charge is 0.378 e. The molecule has 1 aliphatic heterocycles. The molecule has 2 N–H and O–H groups in total. The van der Waals surface area contributed by atoms with Crippen molar-refractivity contribution in [3.8, 4) is 0 Å². The van der Waals surface area contributed by atoms with Crippen molar-refractivity contribution in [1.82, 2.24) is 10.0 Å². The molecular formula is C24H35FN2O4S. The van der Waals surface area contributed by atoms with E-state index >= 15 is 0 Å². The van der Waals surface area contributed by atoms with Crippen LogP contribution >= 0.6 is 0 Å². The second-order valence-corrected chi connectivity index (χ2v) is 12.5. The highest BCUT2D eigenvalue weighted by atomic mass is 32.2. The van der Waals surface area contributed by atoms with Crippen LogP contribution in [0, 0.1) is 34.4 Å². The van der Waals surface area contributed by atoms with E-state index in [9.17, 15) is 17.6 Å². The van der Waals surface area contributed by atoms with Gasteiger partial charge in [-0.2, -0.15) is 0 Å². The molecule has 32 heavy (non-hydrogen) atoms. The summed E-state index contributed by atoms with van der Waals surface area (Å²) in [4.78, 5) is 12.7. The Morgan fingerprint density at radius 1 is 1.25 bits per heavy atom. The van der Waals surface area contributed by atoms with Crippen LogP contribution in [0.3, 0.4) is 0 Å². The first-order valence-corrected chi connectivity index (χ1v) is 13.1. The number of amides is 1. The number of carbonyl (C=O) groups excluding carboxylic acids is 1. The topological polar surface area (TPSA) is 84.5 Å².